The lowest BCUT2D eigenvalue weighted by molar-refractivity contribution is -0.206. The molecule has 0 aromatic heterocycles. The van der Waals surface area contributed by atoms with E-state index in [4.69, 9.17) is 9.47 Å². The molecule has 0 radical (unpaired) electrons. The average molecular weight is 479 g/mol. The van der Waals surface area contributed by atoms with Crippen LogP contribution in [0.2, 0.25) is 0 Å². The fourth-order valence-electron chi connectivity index (χ4n) is 4.73. The lowest BCUT2D eigenvalue weighted by Gasteiger charge is -2.35. The second kappa shape index (κ2) is 9.47. The Morgan fingerprint density at radius 1 is 1.09 bits per heavy atom. The van der Waals surface area contributed by atoms with Gasteiger partial charge in [0, 0.05) is 30.6 Å². The van der Waals surface area contributed by atoms with E-state index in [-0.39, 0.29) is 51.0 Å². The van der Waals surface area contributed by atoms with Gasteiger partial charge in [0.05, 0.1) is 19.3 Å². The number of rotatable bonds is 5. The maximum absolute atomic E-state index is 13.1. The second-order valence-electron chi connectivity index (χ2n) is 8.87. The maximum atomic E-state index is 13.1. The van der Waals surface area contributed by atoms with Crippen LogP contribution in [0.15, 0.2) is 48.5 Å². The van der Waals surface area contributed by atoms with E-state index in [0.29, 0.717) is 11.1 Å². The van der Waals surface area contributed by atoms with E-state index in [1.54, 1.807) is 18.2 Å². The van der Waals surface area contributed by atoms with E-state index in [1.165, 1.54) is 9.80 Å². The number of carbonyl (C=O) groups excluding carboxylic acids is 3. The number of hydrogen-bond acceptors (Lipinski definition) is 6. The van der Waals surface area contributed by atoms with Crippen LogP contribution in [0.4, 0.5) is 4.79 Å². The predicted molar refractivity (Wildman–Crippen MR) is 121 cm³/mol. The minimum atomic E-state index is -1.11. The van der Waals surface area contributed by atoms with Crippen LogP contribution in [0.3, 0.4) is 0 Å². The fourth-order valence-corrected chi connectivity index (χ4v) is 4.73. The first-order valence-electron chi connectivity index (χ1n) is 11.4. The first kappa shape index (κ1) is 23.0. The Morgan fingerprint density at radius 2 is 1.83 bits per heavy atom. The molecule has 2 fully saturated rings. The van der Waals surface area contributed by atoms with E-state index in [9.17, 15) is 24.3 Å². The molecule has 5 rings (SSSR count). The molecular weight excluding hydrogens is 454 g/mol. The smallest absolute Gasteiger partial charge is 0.408 e. The third kappa shape index (κ3) is 4.62. The number of imide groups is 1. The highest BCUT2D eigenvalue weighted by molar-refractivity contribution is 6.05. The molecule has 2 saturated heterocycles. The minimum absolute atomic E-state index is 0.0572. The lowest BCUT2D eigenvalue weighted by Crippen LogP contribution is -2.52. The van der Waals surface area contributed by atoms with E-state index in [2.05, 4.69) is 5.32 Å². The van der Waals surface area contributed by atoms with Gasteiger partial charge in [0.25, 0.3) is 5.91 Å². The third-order valence-corrected chi connectivity index (χ3v) is 6.58. The standard InChI is InChI=1S/C25H25N3O7/c29-21-9-8-20(22(30)26-21)28-12-17-7-6-15(10-19(17)23(28)31)11-27(25(32)33)18-13-34-24(35-14-18)16-4-2-1-3-5-16/h1-7,10,18,20,24H,8-9,11-14H2,(H,32,33)(H,26,29,30). The van der Waals surface area contributed by atoms with Gasteiger partial charge >= 0.3 is 6.09 Å². The molecule has 10 nitrogen and oxygen atoms in total. The first-order chi connectivity index (χ1) is 16.9. The number of amides is 4. The number of carbonyl (C=O) groups is 4. The Bertz CT molecular complexity index is 1160. The van der Waals surface area contributed by atoms with Crippen LogP contribution in [0, 0.1) is 0 Å². The van der Waals surface area contributed by atoms with Gasteiger partial charge in [0.15, 0.2) is 6.29 Å². The molecule has 3 aliphatic rings. The number of carboxylic acid groups (broad SMARTS) is 1. The third-order valence-electron chi connectivity index (χ3n) is 6.58. The average Bonchev–Trinajstić information content (AvgIpc) is 3.18. The monoisotopic (exact) mass is 479 g/mol. The first-order valence-corrected chi connectivity index (χ1v) is 11.4. The quantitative estimate of drug-likeness (QED) is 0.629. The van der Waals surface area contributed by atoms with Crippen molar-refractivity contribution in [1.29, 1.82) is 0 Å². The number of piperidine rings is 1. The number of nitrogens with one attached hydrogen (secondary N) is 1. The summed E-state index contributed by atoms with van der Waals surface area (Å²) in [5, 5.41) is 12.1. The Labute approximate surface area is 201 Å². The molecule has 10 heteroatoms. The topological polar surface area (TPSA) is 125 Å². The van der Waals surface area contributed by atoms with Crippen molar-refractivity contribution in [3.05, 3.63) is 70.8 Å². The van der Waals surface area contributed by atoms with Gasteiger partial charge in [-0.15, -0.1) is 0 Å². The van der Waals surface area contributed by atoms with Crippen molar-refractivity contribution in [3.8, 4) is 0 Å². The number of ether oxygens (including phenoxy) is 2. The molecular formula is C25H25N3O7. The molecule has 1 atom stereocenters. The summed E-state index contributed by atoms with van der Waals surface area (Å²) in [7, 11) is 0. The van der Waals surface area contributed by atoms with Gasteiger partial charge in [0.1, 0.15) is 6.04 Å². The van der Waals surface area contributed by atoms with Crippen LogP contribution in [0.25, 0.3) is 0 Å². The largest absolute Gasteiger partial charge is 0.465 e. The molecule has 182 valence electrons. The van der Waals surface area contributed by atoms with Crippen LogP contribution < -0.4 is 5.32 Å². The summed E-state index contributed by atoms with van der Waals surface area (Å²) in [6.07, 6.45) is -1.18. The van der Waals surface area contributed by atoms with Crippen LogP contribution in [0.1, 0.15) is 46.2 Å². The molecule has 0 bridgehead atoms. The summed E-state index contributed by atoms with van der Waals surface area (Å²) < 4.78 is 11.6. The molecule has 35 heavy (non-hydrogen) atoms. The summed E-state index contributed by atoms with van der Waals surface area (Å²) in [6, 6.07) is 13.5. The Hall–Kier alpha value is -3.76. The molecule has 2 aromatic carbocycles. The van der Waals surface area contributed by atoms with Crippen molar-refractivity contribution >= 4 is 23.8 Å². The molecule has 4 amide bonds. The van der Waals surface area contributed by atoms with Crippen LogP contribution in [0.5, 0.6) is 0 Å². The fraction of sp³-hybridized carbons (Fsp3) is 0.360. The molecule has 1 unspecified atom stereocenters. The molecule has 3 aliphatic heterocycles. The van der Waals surface area contributed by atoms with E-state index in [1.807, 2.05) is 30.3 Å². The second-order valence-corrected chi connectivity index (χ2v) is 8.87. The van der Waals surface area contributed by atoms with Crippen molar-refractivity contribution in [1.82, 2.24) is 15.1 Å². The van der Waals surface area contributed by atoms with Gasteiger partial charge in [0.2, 0.25) is 11.8 Å². The van der Waals surface area contributed by atoms with Crippen LogP contribution in [-0.4, -0.2) is 64.0 Å². The zero-order valence-corrected chi connectivity index (χ0v) is 18.9. The van der Waals surface area contributed by atoms with Crippen molar-refractivity contribution in [3.63, 3.8) is 0 Å². The zero-order valence-electron chi connectivity index (χ0n) is 18.9. The molecule has 0 saturated carbocycles. The van der Waals surface area contributed by atoms with Crippen molar-refractivity contribution in [2.45, 2.75) is 44.3 Å². The van der Waals surface area contributed by atoms with Gasteiger partial charge in [-0.2, -0.15) is 0 Å². The molecule has 2 aromatic rings. The summed E-state index contributed by atoms with van der Waals surface area (Å²) in [6.45, 7) is 0.689. The van der Waals surface area contributed by atoms with Gasteiger partial charge in [-0.1, -0.05) is 42.5 Å². The Kier molecular flexibility index (Phi) is 6.23. The minimum Gasteiger partial charge on any atom is -0.465 e. The van der Waals surface area contributed by atoms with Gasteiger partial charge in [-0.05, 0) is 23.6 Å². The number of nitrogens with zero attached hydrogens (tertiary/aromatic N) is 2. The molecule has 3 heterocycles. The van der Waals surface area contributed by atoms with Crippen LogP contribution in [-0.2, 0) is 32.2 Å². The van der Waals surface area contributed by atoms with E-state index in [0.717, 1.165) is 11.1 Å². The van der Waals surface area contributed by atoms with E-state index >= 15 is 0 Å². The van der Waals surface area contributed by atoms with Crippen molar-refractivity contribution in [2.75, 3.05) is 13.2 Å². The summed E-state index contributed by atoms with van der Waals surface area (Å²) in [5.41, 5.74) is 2.72. The summed E-state index contributed by atoms with van der Waals surface area (Å²) >= 11 is 0. The number of fused-ring (bicyclic) bond motifs is 1. The van der Waals surface area contributed by atoms with Crippen LogP contribution >= 0.6 is 0 Å². The van der Waals surface area contributed by atoms with E-state index < -0.39 is 30.4 Å². The van der Waals surface area contributed by atoms with Gasteiger partial charge in [-0.25, -0.2) is 4.79 Å². The predicted octanol–water partition coefficient (Wildman–Crippen LogP) is 2.04. The Morgan fingerprint density at radius 3 is 2.51 bits per heavy atom. The molecule has 2 N–H and O–H groups in total. The van der Waals surface area contributed by atoms with Crippen molar-refractivity contribution in [2.24, 2.45) is 0 Å². The summed E-state index contributed by atoms with van der Waals surface area (Å²) in [5.74, 6) is -1.10. The van der Waals surface area contributed by atoms with Gasteiger partial charge < -0.3 is 19.5 Å². The maximum Gasteiger partial charge on any atom is 0.408 e. The highest BCUT2D eigenvalue weighted by Crippen LogP contribution is 2.29. The highest BCUT2D eigenvalue weighted by Gasteiger charge is 2.39. The Balaban J connectivity index is 1.26. The lowest BCUT2D eigenvalue weighted by atomic mass is 10.0. The van der Waals surface area contributed by atoms with Crippen molar-refractivity contribution < 1.29 is 33.8 Å². The number of benzene rings is 2. The molecule has 0 spiro atoms. The zero-order chi connectivity index (χ0) is 24.5. The highest BCUT2D eigenvalue weighted by atomic mass is 16.7. The SMILES string of the molecule is O=C1CCC(N2Cc3ccc(CN(C(=O)O)C4COC(c5ccccc5)OC4)cc3C2=O)C(=O)N1. The number of hydrogen-bond donors (Lipinski definition) is 2. The van der Waals surface area contributed by atoms with Gasteiger partial charge in [-0.3, -0.25) is 24.6 Å². The normalized spacial score (nSPS) is 24.2. The summed E-state index contributed by atoms with van der Waals surface area (Å²) in [4.78, 5) is 51.5. The molecule has 0 aliphatic carbocycles.